The van der Waals surface area contributed by atoms with E-state index in [9.17, 15) is 4.79 Å². The Morgan fingerprint density at radius 3 is 2.85 bits per heavy atom. The zero-order chi connectivity index (χ0) is 18.3. The van der Waals surface area contributed by atoms with Crippen molar-refractivity contribution in [2.45, 2.75) is 38.7 Å². The molecule has 1 aromatic carbocycles. The molecule has 0 bridgehead atoms. The van der Waals surface area contributed by atoms with Crippen LogP contribution in [0.5, 0.6) is 5.75 Å². The standard InChI is InChI=1S/C20H23ClN2O3/c1-12(2)16-9-19(26-22-16)20(24)23-10-13-7-8-17(14(13)11-23)25-18-6-4-3-5-15(18)21/h3-6,9,12-14,17H,7-8,10-11H2,1-2H3/t13-,14+,17-/m0/s1. The number of carbonyl (C=O) groups excluding carboxylic acids is 1. The fourth-order valence-corrected chi connectivity index (χ4v) is 4.23. The number of benzene rings is 1. The van der Waals surface area contributed by atoms with Crippen molar-refractivity contribution in [3.63, 3.8) is 0 Å². The Kier molecular flexibility index (Phi) is 4.65. The van der Waals surface area contributed by atoms with Crippen molar-refractivity contribution in [3.8, 4) is 5.75 Å². The van der Waals surface area contributed by atoms with Gasteiger partial charge in [0.1, 0.15) is 11.9 Å². The Morgan fingerprint density at radius 1 is 1.31 bits per heavy atom. The van der Waals surface area contributed by atoms with Gasteiger partial charge in [0.05, 0.1) is 10.7 Å². The highest BCUT2D eigenvalue weighted by Gasteiger charge is 2.46. The van der Waals surface area contributed by atoms with Crippen molar-refractivity contribution in [1.29, 1.82) is 0 Å². The number of aromatic nitrogens is 1. The summed E-state index contributed by atoms with van der Waals surface area (Å²) < 4.78 is 11.5. The molecule has 1 saturated heterocycles. The fourth-order valence-electron chi connectivity index (χ4n) is 4.05. The van der Waals surface area contributed by atoms with Gasteiger partial charge in [-0.3, -0.25) is 4.79 Å². The summed E-state index contributed by atoms with van der Waals surface area (Å²) in [5.41, 5.74) is 0.813. The predicted molar refractivity (Wildman–Crippen MR) is 98.6 cm³/mol. The first-order valence-electron chi connectivity index (χ1n) is 9.20. The second-order valence-corrected chi connectivity index (χ2v) is 7.98. The number of halogens is 1. The van der Waals surface area contributed by atoms with E-state index < -0.39 is 0 Å². The number of likely N-dealkylation sites (tertiary alicyclic amines) is 1. The van der Waals surface area contributed by atoms with E-state index in [0.717, 1.165) is 30.8 Å². The van der Waals surface area contributed by atoms with Crippen molar-refractivity contribution in [3.05, 3.63) is 46.8 Å². The van der Waals surface area contributed by atoms with Gasteiger partial charge < -0.3 is 14.2 Å². The summed E-state index contributed by atoms with van der Waals surface area (Å²) in [4.78, 5) is 14.6. The molecule has 0 spiro atoms. The lowest BCUT2D eigenvalue weighted by atomic mass is 9.99. The first-order chi connectivity index (χ1) is 12.5. The van der Waals surface area contributed by atoms with E-state index in [1.165, 1.54) is 0 Å². The van der Waals surface area contributed by atoms with Crippen molar-refractivity contribution in [1.82, 2.24) is 10.1 Å². The summed E-state index contributed by atoms with van der Waals surface area (Å²) in [6, 6.07) is 9.32. The molecule has 1 aliphatic carbocycles. The molecule has 138 valence electrons. The van der Waals surface area contributed by atoms with Crippen LogP contribution in [-0.4, -0.2) is 35.2 Å². The lowest BCUT2D eigenvalue weighted by Crippen LogP contribution is -2.32. The number of ether oxygens (including phenoxy) is 1. The maximum atomic E-state index is 12.8. The zero-order valence-electron chi connectivity index (χ0n) is 15.0. The van der Waals surface area contributed by atoms with Crippen LogP contribution in [0.3, 0.4) is 0 Å². The highest BCUT2D eigenvalue weighted by atomic mass is 35.5. The number of hydrogen-bond donors (Lipinski definition) is 0. The second-order valence-electron chi connectivity index (χ2n) is 7.57. The summed E-state index contributed by atoms with van der Waals surface area (Å²) in [6.07, 6.45) is 2.17. The van der Waals surface area contributed by atoms with Crippen LogP contribution in [0.1, 0.15) is 48.9 Å². The smallest absolute Gasteiger partial charge is 0.292 e. The minimum atomic E-state index is -0.0738. The summed E-state index contributed by atoms with van der Waals surface area (Å²) in [7, 11) is 0. The third-order valence-corrected chi connectivity index (χ3v) is 5.84. The van der Waals surface area contributed by atoms with Crippen LogP contribution in [0.2, 0.25) is 5.02 Å². The van der Waals surface area contributed by atoms with Gasteiger partial charge in [-0.15, -0.1) is 0 Å². The molecule has 3 atom stereocenters. The molecule has 2 heterocycles. The number of nitrogens with zero attached hydrogens (tertiary/aromatic N) is 2. The molecule has 0 radical (unpaired) electrons. The van der Waals surface area contributed by atoms with Gasteiger partial charge in [0.15, 0.2) is 0 Å². The molecule has 2 aromatic rings. The number of para-hydroxylation sites is 1. The molecule has 0 N–H and O–H groups in total. The van der Waals surface area contributed by atoms with Gasteiger partial charge in [0.25, 0.3) is 5.91 Å². The molecular formula is C20H23ClN2O3. The van der Waals surface area contributed by atoms with Crippen LogP contribution in [0.25, 0.3) is 0 Å². The Labute approximate surface area is 158 Å². The number of hydrogen-bond acceptors (Lipinski definition) is 4. The van der Waals surface area contributed by atoms with E-state index in [1.54, 1.807) is 6.07 Å². The average Bonchev–Trinajstić information content (AvgIpc) is 3.33. The molecule has 1 aromatic heterocycles. The van der Waals surface area contributed by atoms with Gasteiger partial charge >= 0.3 is 0 Å². The van der Waals surface area contributed by atoms with Crippen molar-refractivity contribution >= 4 is 17.5 Å². The molecule has 2 fully saturated rings. The molecule has 1 amide bonds. The minimum absolute atomic E-state index is 0.0738. The molecule has 6 heteroatoms. The Bertz CT molecular complexity index is 804. The topological polar surface area (TPSA) is 55.6 Å². The molecule has 0 unspecified atom stereocenters. The molecule has 26 heavy (non-hydrogen) atoms. The number of rotatable bonds is 4. The van der Waals surface area contributed by atoms with E-state index in [4.69, 9.17) is 20.9 Å². The zero-order valence-corrected chi connectivity index (χ0v) is 15.8. The van der Waals surface area contributed by atoms with Crippen LogP contribution in [0, 0.1) is 11.8 Å². The lowest BCUT2D eigenvalue weighted by Gasteiger charge is -2.22. The first kappa shape index (κ1) is 17.4. The summed E-state index contributed by atoms with van der Waals surface area (Å²) >= 11 is 6.22. The van der Waals surface area contributed by atoms with Crippen LogP contribution in [-0.2, 0) is 0 Å². The molecule has 1 saturated carbocycles. The molecule has 5 nitrogen and oxygen atoms in total. The van der Waals surface area contributed by atoms with Crippen molar-refractivity contribution < 1.29 is 14.1 Å². The Balaban J connectivity index is 1.44. The van der Waals surface area contributed by atoms with Gasteiger partial charge in [-0.2, -0.15) is 0 Å². The van der Waals surface area contributed by atoms with Gasteiger partial charge in [-0.1, -0.05) is 42.7 Å². The lowest BCUT2D eigenvalue weighted by molar-refractivity contribution is 0.0721. The molecule has 1 aliphatic heterocycles. The quantitative estimate of drug-likeness (QED) is 0.796. The predicted octanol–water partition coefficient (Wildman–Crippen LogP) is 4.38. The Morgan fingerprint density at radius 2 is 2.12 bits per heavy atom. The Hall–Kier alpha value is -2.01. The van der Waals surface area contributed by atoms with E-state index in [2.05, 4.69) is 5.16 Å². The molecular weight excluding hydrogens is 352 g/mol. The fraction of sp³-hybridized carbons (Fsp3) is 0.500. The van der Waals surface area contributed by atoms with E-state index in [0.29, 0.717) is 29.2 Å². The molecule has 4 rings (SSSR count). The summed E-state index contributed by atoms with van der Waals surface area (Å²) in [5, 5.41) is 4.63. The van der Waals surface area contributed by atoms with Crippen LogP contribution >= 0.6 is 11.6 Å². The number of carbonyl (C=O) groups is 1. The average molecular weight is 375 g/mol. The molecule has 2 aliphatic rings. The monoisotopic (exact) mass is 374 g/mol. The third kappa shape index (κ3) is 3.20. The van der Waals surface area contributed by atoms with Gasteiger partial charge in [-0.05, 0) is 36.8 Å². The van der Waals surface area contributed by atoms with Crippen molar-refractivity contribution in [2.24, 2.45) is 11.8 Å². The van der Waals surface area contributed by atoms with Crippen LogP contribution in [0.4, 0.5) is 0 Å². The second kappa shape index (κ2) is 6.95. The van der Waals surface area contributed by atoms with Crippen LogP contribution < -0.4 is 4.74 Å². The van der Waals surface area contributed by atoms with Gasteiger partial charge in [-0.25, -0.2) is 0 Å². The van der Waals surface area contributed by atoms with E-state index in [1.807, 2.05) is 43.0 Å². The summed E-state index contributed by atoms with van der Waals surface area (Å²) in [5.74, 6) is 2.03. The highest BCUT2D eigenvalue weighted by molar-refractivity contribution is 6.32. The number of amides is 1. The summed E-state index contributed by atoms with van der Waals surface area (Å²) in [6.45, 7) is 5.51. The first-order valence-corrected chi connectivity index (χ1v) is 9.58. The largest absolute Gasteiger partial charge is 0.489 e. The van der Waals surface area contributed by atoms with Gasteiger partial charge in [0.2, 0.25) is 5.76 Å². The SMILES string of the molecule is CC(C)c1cc(C(=O)N2C[C@@H]3CC[C@H](Oc4ccccc4Cl)[C@@H]3C2)on1. The maximum absolute atomic E-state index is 12.8. The maximum Gasteiger partial charge on any atom is 0.292 e. The van der Waals surface area contributed by atoms with Crippen molar-refractivity contribution in [2.75, 3.05) is 13.1 Å². The normalized spacial score (nSPS) is 24.9. The van der Waals surface area contributed by atoms with Gasteiger partial charge in [0, 0.05) is 25.1 Å². The minimum Gasteiger partial charge on any atom is -0.489 e. The number of fused-ring (bicyclic) bond motifs is 1. The highest BCUT2D eigenvalue weighted by Crippen LogP contribution is 2.41. The third-order valence-electron chi connectivity index (χ3n) is 5.52. The van der Waals surface area contributed by atoms with E-state index >= 15 is 0 Å². The van der Waals surface area contributed by atoms with Crippen LogP contribution in [0.15, 0.2) is 34.9 Å². The van der Waals surface area contributed by atoms with E-state index in [-0.39, 0.29) is 17.9 Å².